The second-order valence-corrected chi connectivity index (χ2v) is 7.61. The monoisotopic (exact) mass is 345 g/mol. The van der Waals surface area contributed by atoms with Crippen LogP contribution in [0.1, 0.15) is 0 Å². The smallest absolute Gasteiger partial charge is 0.273 e. The molecule has 1 amide bonds. The average Bonchev–Trinajstić information content (AvgIpc) is 2.85. The molecular formula is C11H8ClN3O4S2. The third kappa shape index (κ3) is 2.94. The number of sulfonamides is 1. The first-order valence-corrected chi connectivity index (χ1v) is 8.33. The first-order valence-electron chi connectivity index (χ1n) is 5.65. The molecule has 10 heteroatoms. The van der Waals surface area contributed by atoms with Gasteiger partial charge in [0.1, 0.15) is 5.75 Å². The highest BCUT2D eigenvalue weighted by atomic mass is 35.5. The van der Waals surface area contributed by atoms with Gasteiger partial charge in [0.15, 0.2) is 15.3 Å². The summed E-state index contributed by atoms with van der Waals surface area (Å²) < 4.78 is 32.0. The van der Waals surface area contributed by atoms with Gasteiger partial charge in [-0.2, -0.15) is 0 Å². The molecule has 1 aliphatic heterocycles. The Kier molecular flexibility index (Phi) is 3.47. The molecule has 0 saturated carbocycles. The number of amides is 1. The summed E-state index contributed by atoms with van der Waals surface area (Å²) in [6, 6.07) is 4.59. The van der Waals surface area contributed by atoms with E-state index in [9.17, 15) is 13.2 Å². The largest absolute Gasteiger partial charge is 0.482 e. The molecule has 0 bridgehead atoms. The standard InChI is InChI=1S/C11H8ClN3O4S2/c12-11-13-4-10(20-11)21(17,18)15-6-1-2-8-7(3-6)14-9(16)5-19-8/h1-4,15H,5H2,(H,14,16). The third-order valence-corrected chi connectivity index (χ3v) is 5.54. The van der Waals surface area contributed by atoms with Crippen molar-refractivity contribution in [2.24, 2.45) is 0 Å². The summed E-state index contributed by atoms with van der Waals surface area (Å²) in [5.41, 5.74) is 0.706. The van der Waals surface area contributed by atoms with Gasteiger partial charge in [0.25, 0.3) is 15.9 Å². The summed E-state index contributed by atoms with van der Waals surface area (Å²) in [5.74, 6) is 0.190. The number of benzene rings is 1. The van der Waals surface area contributed by atoms with Gasteiger partial charge >= 0.3 is 0 Å². The summed E-state index contributed by atoms with van der Waals surface area (Å²) in [7, 11) is -3.76. The van der Waals surface area contributed by atoms with Crippen LogP contribution >= 0.6 is 22.9 Å². The zero-order chi connectivity index (χ0) is 15.0. The molecule has 0 atom stereocenters. The number of carbonyl (C=O) groups is 1. The summed E-state index contributed by atoms with van der Waals surface area (Å²) in [6.45, 7) is -0.0581. The molecule has 1 aliphatic rings. The number of fused-ring (bicyclic) bond motifs is 1. The van der Waals surface area contributed by atoms with Crippen LogP contribution in [-0.2, 0) is 14.8 Å². The minimum atomic E-state index is -3.76. The molecule has 0 unspecified atom stereocenters. The number of nitrogens with zero attached hydrogens (tertiary/aromatic N) is 1. The van der Waals surface area contributed by atoms with Crippen LogP contribution in [0.5, 0.6) is 5.75 Å². The van der Waals surface area contributed by atoms with Crippen LogP contribution in [0.2, 0.25) is 4.47 Å². The van der Waals surface area contributed by atoms with E-state index in [0.29, 0.717) is 17.1 Å². The topological polar surface area (TPSA) is 97.4 Å². The number of aromatic nitrogens is 1. The Bertz CT molecular complexity index is 819. The molecule has 0 radical (unpaired) electrons. The van der Waals surface area contributed by atoms with Crippen molar-refractivity contribution in [3.05, 3.63) is 28.9 Å². The van der Waals surface area contributed by atoms with Crippen molar-refractivity contribution in [2.75, 3.05) is 16.6 Å². The van der Waals surface area contributed by atoms with Gasteiger partial charge in [0, 0.05) is 0 Å². The van der Waals surface area contributed by atoms with Gasteiger partial charge < -0.3 is 10.1 Å². The molecule has 110 valence electrons. The van der Waals surface area contributed by atoms with Crippen molar-refractivity contribution in [2.45, 2.75) is 4.21 Å². The molecule has 2 N–H and O–H groups in total. The minimum Gasteiger partial charge on any atom is -0.482 e. The second-order valence-electron chi connectivity index (χ2n) is 4.09. The number of thiazole rings is 1. The molecule has 1 aromatic heterocycles. The fourth-order valence-electron chi connectivity index (χ4n) is 1.72. The maximum atomic E-state index is 12.1. The van der Waals surface area contributed by atoms with E-state index in [0.717, 1.165) is 11.3 Å². The Morgan fingerprint density at radius 2 is 2.24 bits per heavy atom. The van der Waals surface area contributed by atoms with Crippen molar-refractivity contribution in [1.82, 2.24) is 4.98 Å². The number of halogens is 1. The number of hydrogen-bond acceptors (Lipinski definition) is 6. The molecule has 1 aromatic carbocycles. The Balaban J connectivity index is 1.88. The zero-order valence-corrected chi connectivity index (χ0v) is 12.7. The highest BCUT2D eigenvalue weighted by Crippen LogP contribution is 2.32. The Labute approximate surface area is 129 Å². The van der Waals surface area contributed by atoms with E-state index in [2.05, 4.69) is 15.0 Å². The number of rotatable bonds is 3. The van der Waals surface area contributed by atoms with E-state index in [1.165, 1.54) is 18.3 Å². The highest BCUT2D eigenvalue weighted by molar-refractivity contribution is 7.94. The van der Waals surface area contributed by atoms with Crippen LogP contribution in [-0.4, -0.2) is 25.9 Å². The van der Waals surface area contributed by atoms with Crippen LogP contribution in [0, 0.1) is 0 Å². The third-order valence-electron chi connectivity index (χ3n) is 2.59. The molecule has 3 rings (SSSR count). The average molecular weight is 346 g/mol. The Morgan fingerprint density at radius 1 is 1.43 bits per heavy atom. The summed E-state index contributed by atoms with van der Waals surface area (Å²) in [4.78, 5) is 14.9. The van der Waals surface area contributed by atoms with Gasteiger partial charge in [-0.15, -0.1) is 0 Å². The molecule has 0 fully saturated rings. The predicted molar refractivity (Wildman–Crippen MR) is 78.5 cm³/mol. The van der Waals surface area contributed by atoms with Crippen LogP contribution < -0.4 is 14.8 Å². The van der Waals surface area contributed by atoms with Gasteiger partial charge in [-0.05, 0) is 18.2 Å². The van der Waals surface area contributed by atoms with E-state index in [1.807, 2.05) is 0 Å². The van der Waals surface area contributed by atoms with Crippen LogP contribution in [0.3, 0.4) is 0 Å². The van der Waals surface area contributed by atoms with E-state index in [1.54, 1.807) is 6.07 Å². The first-order chi connectivity index (χ1) is 9.94. The highest BCUT2D eigenvalue weighted by Gasteiger charge is 2.20. The number of hydrogen-bond donors (Lipinski definition) is 2. The minimum absolute atomic E-state index is 0.00510. The molecular weight excluding hydrogens is 338 g/mol. The lowest BCUT2D eigenvalue weighted by Gasteiger charge is -2.18. The molecule has 21 heavy (non-hydrogen) atoms. The van der Waals surface area contributed by atoms with E-state index < -0.39 is 10.0 Å². The van der Waals surface area contributed by atoms with Gasteiger partial charge in [0.05, 0.1) is 17.6 Å². The lowest BCUT2D eigenvalue weighted by molar-refractivity contribution is -0.118. The van der Waals surface area contributed by atoms with Crippen molar-refractivity contribution in [3.8, 4) is 5.75 Å². The van der Waals surface area contributed by atoms with Crippen LogP contribution in [0.15, 0.2) is 28.6 Å². The molecule has 2 aromatic rings. The van der Waals surface area contributed by atoms with Crippen molar-refractivity contribution < 1.29 is 17.9 Å². The Hall–Kier alpha value is -1.84. The van der Waals surface area contributed by atoms with Crippen LogP contribution in [0.4, 0.5) is 11.4 Å². The van der Waals surface area contributed by atoms with E-state index >= 15 is 0 Å². The molecule has 7 nitrogen and oxygen atoms in total. The van der Waals surface area contributed by atoms with E-state index in [-0.39, 0.29) is 21.2 Å². The maximum absolute atomic E-state index is 12.1. The SMILES string of the molecule is O=C1COc2ccc(NS(=O)(=O)c3cnc(Cl)s3)cc2N1. The number of carbonyl (C=O) groups excluding carboxylic acids is 1. The summed E-state index contributed by atoms with van der Waals surface area (Å²) in [5, 5.41) is 2.60. The zero-order valence-electron chi connectivity index (χ0n) is 10.3. The molecule has 2 heterocycles. The van der Waals surface area contributed by atoms with Gasteiger partial charge in [0.2, 0.25) is 0 Å². The fourth-order valence-corrected chi connectivity index (χ4v) is 4.06. The Morgan fingerprint density at radius 3 is 2.95 bits per heavy atom. The first kappa shape index (κ1) is 14.1. The number of ether oxygens (including phenoxy) is 1. The maximum Gasteiger partial charge on any atom is 0.273 e. The van der Waals surface area contributed by atoms with E-state index in [4.69, 9.17) is 16.3 Å². The number of nitrogens with one attached hydrogen (secondary N) is 2. The normalized spacial score (nSPS) is 14.0. The molecule has 0 spiro atoms. The van der Waals surface area contributed by atoms with Crippen molar-refractivity contribution in [1.29, 1.82) is 0 Å². The lowest BCUT2D eigenvalue weighted by Crippen LogP contribution is -2.25. The van der Waals surface area contributed by atoms with Gasteiger partial charge in [-0.1, -0.05) is 22.9 Å². The lowest BCUT2D eigenvalue weighted by atomic mass is 10.2. The van der Waals surface area contributed by atoms with Gasteiger partial charge in [-0.3, -0.25) is 9.52 Å². The predicted octanol–water partition coefficient (Wildman–Crippen LogP) is 1.93. The molecule has 0 saturated heterocycles. The fraction of sp³-hybridized carbons (Fsp3) is 0.0909. The summed E-state index contributed by atoms with van der Waals surface area (Å²) in [6.07, 6.45) is 1.18. The number of anilines is 2. The summed E-state index contributed by atoms with van der Waals surface area (Å²) >= 11 is 6.48. The second kappa shape index (κ2) is 5.17. The quantitative estimate of drug-likeness (QED) is 0.885. The van der Waals surface area contributed by atoms with Crippen molar-refractivity contribution >= 4 is 50.2 Å². The van der Waals surface area contributed by atoms with Gasteiger partial charge in [-0.25, -0.2) is 13.4 Å². The molecule has 0 aliphatic carbocycles. The van der Waals surface area contributed by atoms with Crippen LogP contribution in [0.25, 0.3) is 0 Å². The van der Waals surface area contributed by atoms with Crippen molar-refractivity contribution in [3.63, 3.8) is 0 Å².